The molecule has 0 aliphatic carbocycles. The van der Waals surface area contributed by atoms with Crippen LogP contribution in [0.5, 0.6) is 0 Å². The first-order valence-electron chi connectivity index (χ1n) is 9.33. The maximum atomic E-state index is 12.7. The number of nitrogens with zero attached hydrogens (tertiary/aromatic N) is 1. The number of aryl methyl sites for hydroxylation is 1. The minimum atomic E-state index is 0.0638. The van der Waals surface area contributed by atoms with E-state index in [-0.39, 0.29) is 5.78 Å². The quantitative estimate of drug-likeness (QED) is 0.285. The zero-order valence-electron chi connectivity index (χ0n) is 15.7. The fraction of sp³-hybridized carbons (Fsp3) is 0.130. The van der Waals surface area contributed by atoms with Gasteiger partial charge in [-0.25, -0.2) is 4.98 Å². The molecule has 0 radical (unpaired) electrons. The van der Waals surface area contributed by atoms with Crippen LogP contribution in [0, 0.1) is 0 Å². The molecule has 7 heteroatoms. The van der Waals surface area contributed by atoms with E-state index >= 15 is 0 Å². The number of imidazole rings is 1. The van der Waals surface area contributed by atoms with E-state index in [9.17, 15) is 4.79 Å². The first-order chi connectivity index (χ1) is 14.4. The third-order valence-electron chi connectivity index (χ3n) is 4.87. The first kappa shape index (κ1) is 21.2. The summed E-state index contributed by atoms with van der Waals surface area (Å²) < 4.78 is 0. The second kappa shape index (κ2) is 8.99. The normalized spacial score (nSPS) is 11.2. The summed E-state index contributed by atoms with van der Waals surface area (Å²) >= 11 is 24.7. The van der Waals surface area contributed by atoms with E-state index in [1.54, 1.807) is 36.4 Å². The van der Waals surface area contributed by atoms with Crippen molar-refractivity contribution in [2.45, 2.75) is 19.3 Å². The van der Waals surface area contributed by atoms with Crippen LogP contribution in [0.25, 0.3) is 22.4 Å². The van der Waals surface area contributed by atoms with Crippen LogP contribution in [0.3, 0.4) is 0 Å². The molecule has 0 aliphatic heterocycles. The monoisotopic (exact) mass is 476 g/mol. The maximum Gasteiger partial charge on any atom is 0.162 e. The standard InChI is InChI=1S/C23H16Cl4N2O/c24-15-9-7-13(18(27)12-15)3-1-6-21(30)14-8-10-19-20(11-14)29-23(28-19)22-16(25)4-2-5-17(22)26/h2,4-5,7-12H,1,3,6H2,(H,28,29). The summed E-state index contributed by atoms with van der Waals surface area (Å²) in [6.07, 6.45) is 1.83. The van der Waals surface area contributed by atoms with Crippen LogP contribution in [-0.2, 0) is 6.42 Å². The molecule has 0 saturated carbocycles. The van der Waals surface area contributed by atoms with Crippen LogP contribution in [0.15, 0.2) is 54.6 Å². The van der Waals surface area contributed by atoms with Gasteiger partial charge in [0.15, 0.2) is 5.78 Å². The molecule has 0 aliphatic rings. The fourth-order valence-electron chi connectivity index (χ4n) is 3.33. The summed E-state index contributed by atoms with van der Waals surface area (Å²) in [5.74, 6) is 0.636. The largest absolute Gasteiger partial charge is 0.338 e. The van der Waals surface area contributed by atoms with Gasteiger partial charge in [-0.3, -0.25) is 4.79 Å². The third-order valence-corrected chi connectivity index (χ3v) is 6.09. The van der Waals surface area contributed by atoms with E-state index in [4.69, 9.17) is 46.4 Å². The molecule has 1 N–H and O–H groups in total. The van der Waals surface area contributed by atoms with Gasteiger partial charge in [0.1, 0.15) is 5.82 Å². The molecule has 3 aromatic carbocycles. The highest BCUT2D eigenvalue weighted by Gasteiger charge is 2.14. The van der Waals surface area contributed by atoms with Crippen LogP contribution in [-0.4, -0.2) is 15.8 Å². The molecule has 0 fully saturated rings. The summed E-state index contributed by atoms with van der Waals surface area (Å²) in [5, 5.41) is 2.25. The molecule has 152 valence electrons. The number of hydrogen-bond acceptors (Lipinski definition) is 2. The number of aromatic amines is 1. The highest BCUT2D eigenvalue weighted by molar-refractivity contribution is 6.39. The Balaban J connectivity index is 1.50. The number of aromatic nitrogens is 2. The SMILES string of the molecule is O=C(CCCc1ccc(Cl)cc1Cl)c1ccc2nc(-c3c(Cl)cccc3Cl)[nH]c2c1. The molecule has 4 rings (SSSR count). The predicted octanol–water partition coefficient (Wildman–Crippen LogP) is 8.05. The lowest BCUT2D eigenvalue weighted by atomic mass is 10.0. The van der Waals surface area contributed by atoms with Gasteiger partial charge in [-0.05, 0) is 60.9 Å². The Bertz CT molecular complexity index is 1230. The number of carbonyl (C=O) groups is 1. The van der Waals surface area contributed by atoms with Crippen molar-refractivity contribution in [1.29, 1.82) is 0 Å². The van der Waals surface area contributed by atoms with Gasteiger partial charge >= 0.3 is 0 Å². The smallest absolute Gasteiger partial charge is 0.162 e. The van der Waals surface area contributed by atoms with Gasteiger partial charge < -0.3 is 4.98 Å². The van der Waals surface area contributed by atoms with Crippen LogP contribution in [0.4, 0.5) is 0 Å². The Labute approximate surface area is 193 Å². The number of H-pyrrole nitrogens is 1. The number of halogens is 4. The molecule has 1 heterocycles. The minimum Gasteiger partial charge on any atom is -0.338 e. The van der Waals surface area contributed by atoms with E-state index in [0.717, 1.165) is 16.6 Å². The van der Waals surface area contributed by atoms with Crippen molar-refractivity contribution in [1.82, 2.24) is 9.97 Å². The van der Waals surface area contributed by atoms with Gasteiger partial charge in [-0.15, -0.1) is 0 Å². The number of nitrogens with one attached hydrogen (secondary N) is 1. The molecule has 1 aromatic heterocycles. The molecule has 0 unspecified atom stereocenters. The minimum absolute atomic E-state index is 0.0638. The second-order valence-electron chi connectivity index (χ2n) is 6.93. The lowest BCUT2D eigenvalue weighted by Crippen LogP contribution is -2.00. The van der Waals surface area contributed by atoms with Gasteiger partial charge in [-0.1, -0.05) is 58.5 Å². The molecule has 3 nitrogen and oxygen atoms in total. The number of ketones is 1. The first-order valence-corrected chi connectivity index (χ1v) is 10.8. The zero-order valence-corrected chi connectivity index (χ0v) is 18.7. The van der Waals surface area contributed by atoms with E-state index in [1.807, 2.05) is 18.2 Å². The van der Waals surface area contributed by atoms with E-state index < -0.39 is 0 Å². The van der Waals surface area contributed by atoms with Gasteiger partial charge in [0.2, 0.25) is 0 Å². The number of Topliss-reactive ketones (excluding diaryl/α,β-unsaturated/α-hetero) is 1. The molecule has 0 amide bonds. The molecule has 4 aromatic rings. The average Bonchev–Trinajstić information content (AvgIpc) is 3.12. The van der Waals surface area contributed by atoms with Crippen molar-refractivity contribution >= 4 is 63.2 Å². The van der Waals surface area contributed by atoms with Crippen LogP contribution < -0.4 is 0 Å². The molecule has 0 saturated heterocycles. The van der Waals surface area contributed by atoms with Gasteiger partial charge in [-0.2, -0.15) is 0 Å². The van der Waals surface area contributed by atoms with Crippen molar-refractivity contribution in [2.75, 3.05) is 0 Å². The average molecular weight is 478 g/mol. The highest BCUT2D eigenvalue weighted by Crippen LogP contribution is 2.34. The zero-order chi connectivity index (χ0) is 21.3. The van der Waals surface area contributed by atoms with E-state index in [2.05, 4.69) is 9.97 Å². The highest BCUT2D eigenvalue weighted by atomic mass is 35.5. The van der Waals surface area contributed by atoms with Gasteiger partial charge in [0, 0.05) is 22.0 Å². The Hall–Kier alpha value is -2.04. The molecule has 0 atom stereocenters. The van der Waals surface area contributed by atoms with Crippen molar-refractivity contribution in [3.05, 3.63) is 85.8 Å². The molecule has 0 bridgehead atoms. The fourth-order valence-corrected chi connectivity index (χ4v) is 4.41. The van der Waals surface area contributed by atoms with Gasteiger partial charge in [0.05, 0.1) is 26.6 Å². The van der Waals surface area contributed by atoms with Crippen molar-refractivity contribution in [3.63, 3.8) is 0 Å². The third kappa shape index (κ3) is 4.50. The van der Waals surface area contributed by atoms with E-state index in [1.165, 1.54) is 0 Å². The maximum absolute atomic E-state index is 12.7. The summed E-state index contributed by atoms with van der Waals surface area (Å²) in [7, 11) is 0. The van der Waals surface area contributed by atoms with Crippen LogP contribution in [0.1, 0.15) is 28.8 Å². The summed E-state index contributed by atoms with van der Waals surface area (Å²) in [4.78, 5) is 20.5. The number of fused-ring (bicyclic) bond motifs is 1. The Kier molecular flexibility index (Phi) is 6.35. The summed E-state index contributed by atoms with van der Waals surface area (Å²) in [5.41, 5.74) is 3.76. The Morgan fingerprint density at radius 1 is 0.900 bits per heavy atom. The lowest BCUT2D eigenvalue weighted by Gasteiger charge is -2.05. The van der Waals surface area contributed by atoms with E-state index in [0.29, 0.717) is 56.3 Å². The van der Waals surface area contributed by atoms with Crippen molar-refractivity contribution < 1.29 is 4.79 Å². The van der Waals surface area contributed by atoms with Crippen molar-refractivity contribution in [3.8, 4) is 11.4 Å². The number of benzene rings is 3. The molecule has 0 spiro atoms. The van der Waals surface area contributed by atoms with Gasteiger partial charge in [0.25, 0.3) is 0 Å². The number of rotatable bonds is 6. The Morgan fingerprint density at radius 2 is 1.67 bits per heavy atom. The van der Waals surface area contributed by atoms with Crippen molar-refractivity contribution in [2.24, 2.45) is 0 Å². The number of carbonyl (C=O) groups excluding carboxylic acids is 1. The molecular formula is C23H16Cl4N2O. The Morgan fingerprint density at radius 3 is 2.40 bits per heavy atom. The van der Waals surface area contributed by atoms with Crippen LogP contribution in [0.2, 0.25) is 20.1 Å². The van der Waals surface area contributed by atoms with Crippen LogP contribution >= 0.6 is 46.4 Å². The predicted molar refractivity (Wildman–Crippen MR) is 125 cm³/mol. The molecular weight excluding hydrogens is 462 g/mol. The topological polar surface area (TPSA) is 45.8 Å². The lowest BCUT2D eigenvalue weighted by molar-refractivity contribution is 0.0980. The summed E-state index contributed by atoms with van der Waals surface area (Å²) in [6, 6.07) is 16.2. The number of hydrogen-bond donors (Lipinski definition) is 1. The molecule has 30 heavy (non-hydrogen) atoms. The second-order valence-corrected chi connectivity index (χ2v) is 8.58. The summed E-state index contributed by atoms with van der Waals surface area (Å²) in [6.45, 7) is 0.